The van der Waals surface area contributed by atoms with Gasteiger partial charge in [-0.3, -0.25) is 4.99 Å². The molecule has 0 aromatic heterocycles. The molecule has 1 heterocycles. The van der Waals surface area contributed by atoms with Crippen molar-refractivity contribution in [2.45, 2.75) is 26.4 Å². The van der Waals surface area contributed by atoms with Crippen LogP contribution in [0, 0.1) is 13.8 Å². The highest BCUT2D eigenvalue weighted by molar-refractivity contribution is 5.88. The van der Waals surface area contributed by atoms with Gasteiger partial charge in [-0.05, 0) is 25.0 Å². The van der Waals surface area contributed by atoms with Crippen LogP contribution in [0.4, 0.5) is 0 Å². The summed E-state index contributed by atoms with van der Waals surface area (Å²) in [6.07, 6.45) is 0.372. The van der Waals surface area contributed by atoms with Crippen molar-refractivity contribution in [2.24, 2.45) is 4.99 Å². The number of hydrogen-bond acceptors (Lipinski definition) is 4. The van der Waals surface area contributed by atoms with Crippen LogP contribution in [0.5, 0.6) is 5.75 Å². The van der Waals surface area contributed by atoms with Gasteiger partial charge in [0.2, 0.25) is 0 Å². The molecule has 4 heteroatoms. The molecule has 98 valence electrons. The third kappa shape index (κ3) is 2.82. The summed E-state index contributed by atoms with van der Waals surface area (Å²) in [5.41, 5.74) is 2.22. The molecule has 0 radical (unpaired) electrons. The van der Waals surface area contributed by atoms with Gasteiger partial charge in [0.05, 0.1) is 6.54 Å². The van der Waals surface area contributed by atoms with Gasteiger partial charge >= 0.3 is 0 Å². The van der Waals surface area contributed by atoms with Crippen LogP contribution in [0.15, 0.2) is 23.2 Å². The van der Waals surface area contributed by atoms with Crippen molar-refractivity contribution in [3.63, 3.8) is 0 Å². The van der Waals surface area contributed by atoms with Gasteiger partial charge in [-0.25, -0.2) is 0 Å². The molecule has 4 nitrogen and oxygen atoms in total. The molecule has 0 saturated heterocycles. The second-order valence-corrected chi connectivity index (χ2v) is 4.53. The molecule has 0 saturated carbocycles. The number of hydrogen-bond donors (Lipinski definition) is 2. The van der Waals surface area contributed by atoms with Crippen molar-refractivity contribution >= 4 is 5.84 Å². The van der Waals surface area contributed by atoms with Crippen LogP contribution < -0.4 is 10.1 Å². The van der Waals surface area contributed by atoms with E-state index < -0.39 is 0 Å². The molecule has 0 spiro atoms. The van der Waals surface area contributed by atoms with E-state index in [1.54, 1.807) is 0 Å². The zero-order valence-electron chi connectivity index (χ0n) is 10.9. The number of aliphatic hydroxyl groups is 1. The van der Waals surface area contributed by atoms with Crippen LogP contribution in [0.25, 0.3) is 0 Å². The second-order valence-electron chi connectivity index (χ2n) is 4.53. The van der Waals surface area contributed by atoms with Crippen molar-refractivity contribution in [1.29, 1.82) is 0 Å². The molecule has 1 atom stereocenters. The first kappa shape index (κ1) is 12.9. The molecule has 2 N–H and O–H groups in total. The highest BCUT2D eigenvalue weighted by Gasteiger charge is 2.21. The Morgan fingerprint density at radius 1 is 1.39 bits per heavy atom. The van der Waals surface area contributed by atoms with E-state index in [1.165, 1.54) is 0 Å². The van der Waals surface area contributed by atoms with Crippen molar-refractivity contribution in [1.82, 2.24) is 5.32 Å². The number of nitrogens with one attached hydrogen (secondary N) is 1. The standard InChI is InChI=1S/C14H20N2O2/c1-10-4-3-5-11(2)13(10)18-12(6-9-17)14-15-7-8-16-14/h3-5,12,17H,6-9H2,1-2H3,(H,15,16). The van der Waals surface area contributed by atoms with Crippen molar-refractivity contribution in [3.05, 3.63) is 29.3 Å². The molecule has 1 aliphatic rings. The Morgan fingerprint density at radius 2 is 2.11 bits per heavy atom. The lowest BCUT2D eigenvalue weighted by Gasteiger charge is -2.21. The number of aryl methyl sites for hydroxylation is 2. The Morgan fingerprint density at radius 3 is 2.67 bits per heavy atom. The first-order valence-electron chi connectivity index (χ1n) is 6.34. The minimum Gasteiger partial charge on any atom is -0.482 e. The molecule has 1 aliphatic heterocycles. The summed E-state index contributed by atoms with van der Waals surface area (Å²) in [7, 11) is 0. The highest BCUT2D eigenvalue weighted by atomic mass is 16.5. The molecule has 2 rings (SSSR count). The Kier molecular flexibility index (Phi) is 4.20. The maximum absolute atomic E-state index is 9.15. The van der Waals surface area contributed by atoms with Crippen molar-refractivity contribution < 1.29 is 9.84 Å². The molecular weight excluding hydrogens is 228 g/mol. The van der Waals surface area contributed by atoms with E-state index in [-0.39, 0.29) is 12.7 Å². The lowest BCUT2D eigenvalue weighted by atomic mass is 10.1. The van der Waals surface area contributed by atoms with Gasteiger partial charge in [0.15, 0.2) is 6.10 Å². The van der Waals surface area contributed by atoms with E-state index in [9.17, 15) is 0 Å². The predicted molar refractivity (Wildman–Crippen MR) is 72.3 cm³/mol. The molecule has 0 amide bonds. The normalized spacial score (nSPS) is 16.1. The van der Waals surface area contributed by atoms with Crippen LogP contribution in [-0.4, -0.2) is 36.7 Å². The van der Waals surface area contributed by atoms with Gasteiger partial charge in [0.1, 0.15) is 11.6 Å². The third-order valence-electron chi connectivity index (χ3n) is 3.07. The lowest BCUT2D eigenvalue weighted by Crippen LogP contribution is -2.36. The Labute approximate surface area is 108 Å². The average Bonchev–Trinajstić information content (AvgIpc) is 2.86. The fourth-order valence-corrected chi connectivity index (χ4v) is 2.13. The number of benzene rings is 1. The summed E-state index contributed by atoms with van der Waals surface area (Å²) in [5, 5.41) is 12.4. The number of aliphatic imine (C=N–C) groups is 1. The Balaban J connectivity index is 2.18. The molecule has 1 aromatic rings. The zero-order valence-corrected chi connectivity index (χ0v) is 10.9. The number of amidine groups is 1. The largest absolute Gasteiger partial charge is 0.482 e. The molecule has 18 heavy (non-hydrogen) atoms. The van der Waals surface area contributed by atoms with Crippen molar-refractivity contribution in [3.8, 4) is 5.75 Å². The summed E-state index contributed by atoms with van der Waals surface area (Å²) in [5.74, 6) is 1.75. The molecular formula is C14H20N2O2. The van der Waals surface area contributed by atoms with Gasteiger partial charge < -0.3 is 15.2 Å². The second kappa shape index (κ2) is 5.87. The molecule has 0 bridgehead atoms. The number of aliphatic hydroxyl groups excluding tert-OH is 1. The van der Waals surface area contributed by atoms with E-state index in [1.807, 2.05) is 32.0 Å². The van der Waals surface area contributed by atoms with E-state index in [4.69, 9.17) is 9.84 Å². The SMILES string of the molecule is Cc1cccc(C)c1OC(CCO)C1=NCCN1. The molecule has 1 unspecified atom stereocenters. The van der Waals surface area contributed by atoms with E-state index in [0.717, 1.165) is 35.8 Å². The number of ether oxygens (including phenoxy) is 1. The number of nitrogens with zero attached hydrogens (tertiary/aromatic N) is 1. The molecule has 1 aromatic carbocycles. The minimum absolute atomic E-state index is 0.0935. The topological polar surface area (TPSA) is 53.9 Å². The average molecular weight is 248 g/mol. The summed E-state index contributed by atoms with van der Waals surface area (Å²) in [6.45, 7) is 5.79. The first-order valence-corrected chi connectivity index (χ1v) is 6.34. The van der Waals surface area contributed by atoms with Crippen LogP contribution in [-0.2, 0) is 0 Å². The van der Waals surface area contributed by atoms with Crippen LogP contribution in [0.2, 0.25) is 0 Å². The van der Waals surface area contributed by atoms with E-state index >= 15 is 0 Å². The molecule has 0 aliphatic carbocycles. The highest BCUT2D eigenvalue weighted by Crippen LogP contribution is 2.24. The minimum atomic E-state index is -0.183. The predicted octanol–water partition coefficient (Wildman–Crippen LogP) is 1.43. The molecule has 0 fully saturated rings. The smallest absolute Gasteiger partial charge is 0.157 e. The Hall–Kier alpha value is -1.55. The van der Waals surface area contributed by atoms with Gasteiger partial charge in [0.25, 0.3) is 0 Å². The van der Waals surface area contributed by atoms with Gasteiger partial charge in [0, 0.05) is 19.6 Å². The van der Waals surface area contributed by atoms with Gasteiger partial charge in [-0.15, -0.1) is 0 Å². The monoisotopic (exact) mass is 248 g/mol. The van der Waals surface area contributed by atoms with Crippen LogP contribution in [0.3, 0.4) is 0 Å². The van der Waals surface area contributed by atoms with Gasteiger partial charge in [-0.1, -0.05) is 18.2 Å². The van der Waals surface area contributed by atoms with Crippen LogP contribution >= 0.6 is 0 Å². The number of para-hydroxylation sites is 1. The third-order valence-corrected chi connectivity index (χ3v) is 3.07. The summed E-state index contributed by atoms with van der Waals surface area (Å²) >= 11 is 0. The summed E-state index contributed by atoms with van der Waals surface area (Å²) in [4.78, 5) is 4.38. The van der Waals surface area contributed by atoms with Crippen molar-refractivity contribution in [2.75, 3.05) is 19.7 Å². The maximum Gasteiger partial charge on any atom is 0.157 e. The quantitative estimate of drug-likeness (QED) is 0.829. The number of rotatable bonds is 5. The van der Waals surface area contributed by atoms with Crippen LogP contribution in [0.1, 0.15) is 17.5 Å². The fraction of sp³-hybridized carbons (Fsp3) is 0.500. The summed E-state index contributed by atoms with van der Waals surface area (Å²) in [6, 6.07) is 6.08. The Bertz CT molecular complexity index is 423. The van der Waals surface area contributed by atoms with Gasteiger partial charge in [-0.2, -0.15) is 0 Å². The fourth-order valence-electron chi connectivity index (χ4n) is 2.13. The zero-order chi connectivity index (χ0) is 13.0. The first-order chi connectivity index (χ1) is 8.72. The lowest BCUT2D eigenvalue weighted by molar-refractivity contribution is 0.197. The summed E-state index contributed by atoms with van der Waals surface area (Å²) < 4.78 is 6.05. The van der Waals surface area contributed by atoms with E-state index in [2.05, 4.69) is 10.3 Å². The van der Waals surface area contributed by atoms with E-state index in [0.29, 0.717) is 6.42 Å². The maximum atomic E-state index is 9.15.